The predicted octanol–water partition coefficient (Wildman–Crippen LogP) is 2.15. The summed E-state index contributed by atoms with van der Waals surface area (Å²) in [6, 6.07) is 1.89. The second-order valence-corrected chi connectivity index (χ2v) is 4.88. The number of hydrogen-bond donors (Lipinski definition) is 2. The van der Waals surface area contributed by atoms with E-state index in [1.165, 1.54) is 11.3 Å². The van der Waals surface area contributed by atoms with E-state index in [4.69, 9.17) is 5.73 Å². The highest BCUT2D eigenvalue weighted by atomic mass is 79.9. The molecule has 78 valence electrons. The minimum Gasteiger partial charge on any atom is -0.383 e. The highest BCUT2D eigenvalue weighted by Gasteiger charge is 2.07. The first-order chi connectivity index (χ1) is 7.08. The molecule has 0 amide bonds. The quantitative estimate of drug-likeness (QED) is 0.843. The maximum Gasteiger partial charge on any atom is 0.256 e. The van der Waals surface area contributed by atoms with Crippen molar-refractivity contribution >= 4 is 33.1 Å². The summed E-state index contributed by atoms with van der Waals surface area (Å²) in [5.74, 6) is 0.789. The van der Waals surface area contributed by atoms with Gasteiger partial charge in [0.2, 0.25) is 0 Å². The molecule has 2 heterocycles. The van der Waals surface area contributed by atoms with E-state index in [-0.39, 0.29) is 11.4 Å². The van der Waals surface area contributed by atoms with Crippen molar-refractivity contribution in [1.82, 2.24) is 9.97 Å². The van der Waals surface area contributed by atoms with Gasteiger partial charge < -0.3 is 10.7 Å². The number of aromatic nitrogens is 2. The number of thiophene rings is 1. The minimum absolute atomic E-state index is 0.193. The van der Waals surface area contributed by atoms with E-state index in [9.17, 15) is 4.79 Å². The van der Waals surface area contributed by atoms with Gasteiger partial charge in [0, 0.05) is 9.85 Å². The number of nitrogens with zero attached hydrogens (tertiary/aromatic N) is 1. The first-order valence-corrected chi connectivity index (χ1v) is 5.86. The average Bonchev–Trinajstić information content (AvgIpc) is 2.60. The number of anilines is 1. The molecule has 0 aliphatic rings. The summed E-state index contributed by atoms with van der Waals surface area (Å²) in [6.45, 7) is 1.65. The Morgan fingerprint density at radius 3 is 2.87 bits per heavy atom. The van der Waals surface area contributed by atoms with Crippen LogP contribution in [0.2, 0.25) is 0 Å². The van der Waals surface area contributed by atoms with Crippen LogP contribution in [0.15, 0.2) is 20.7 Å². The number of nitrogens with two attached hydrogens (primary N) is 1. The van der Waals surface area contributed by atoms with Crippen molar-refractivity contribution in [2.45, 2.75) is 6.92 Å². The van der Waals surface area contributed by atoms with E-state index in [0.29, 0.717) is 11.4 Å². The van der Waals surface area contributed by atoms with Crippen molar-refractivity contribution in [3.05, 3.63) is 31.8 Å². The largest absolute Gasteiger partial charge is 0.383 e. The van der Waals surface area contributed by atoms with E-state index in [0.717, 1.165) is 9.35 Å². The predicted molar refractivity (Wildman–Crippen MR) is 65.0 cm³/mol. The smallest absolute Gasteiger partial charge is 0.256 e. The normalized spacial score (nSPS) is 10.5. The number of halogens is 1. The third-order valence-corrected chi connectivity index (χ3v) is 3.69. The van der Waals surface area contributed by atoms with Crippen LogP contribution >= 0.6 is 27.3 Å². The Kier molecular flexibility index (Phi) is 2.62. The zero-order valence-electron chi connectivity index (χ0n) is 7.87. The van der Waals surface area contributed by atoms with Crippen LogP contribution in [0.25, 0.3) is 10.7 Å². The molecule has 0 bridgehead atoms. The summed E-state index contributed by atoms with van der Waals surface area (Å²) in [4.78, 5) is 19.2. The number of aromatic amines is 1. The molecule has 2 aromatic rings. The fourth-order valence-electron chi connectivity index (χ4n) is 1.10. The molecule has 6 heteroatoms. The Balaban J connectivity index is 2.60. The zero-order chi connectivity index (χ0) is 11.0. The molecule has 2 rings (SSSR count). The number of hydrogen-bond acceptors (Lipinski definition) is 4. The van der Waals surface area contributed by atoms with Crippen LogP contribution in [0.4, 0.5) is 5.82 Å². The Morgan fingerprint density at radius 1 is 1.60 bits per heavy atom. The van der Waals surface area contributed by atoms with Gasteiger partial charge in [-0.2, -0.15) is 0 Å². The molecule has 15 heavy (non-hydrogen) atoms. The molecule has 0 saturated carbocycles. The molecule has 0 spiro atoms. The van der Waals surface area contributed by atoms with Crippen LogP contribution in [0.1, 0.15) is 5.56 Å². The first-order valence-electron chi connectivity index (χ1n) is 4.18. The number of nitrogens with one attached hydrogen (secondary N) is 1. The third kappa shape index (κ3) is 1.95. The van der Waals surface area contributed by atoms with Crippen molar-refractivity contribution in [2.75, 3.05) is 5.73 Å². The molecular weight excluding hydrogens is 278 g/mol. The molecule has 0 aromatic carbocycles. The average molecular weight is 286 g/mol. The number of rotatable bonds is 1. The summed E-state index contributed by atoms with van der Waals surface area (Å²) >= 11 is 4.83. The van der Waals surface area contributed by atoms with Crippen LogP contribution in [-0.2, 0) is 0 Å². The van der Waals surface area contributed by atoms with E-state index >= 15 is 0 Å². The van der Waals surface area contributed by atoms with E-state index in [2.05, 4.69) is 25.9 Å². The Hall–Kier alpha value is -1.14. The number of nitrogen functional groups attached to an aromatic ring is 1. The molecule has 2 aromatic heterocycles. The Labute approximate surface area is 98.3 Å². The lowest BCUT2D eigenvalue weighted by Crippen LogP contribution is -2.15. The standard InChI is InChI=1S/C9H8BrN3OS/c1-4-7(11)12-8(13-9(4)14)6-2-5(10)3-15-6/h2-3H,1H3,(H3,11,12,13,14). The molecule has 0 unspecified atom stereocenters. The molecule has 0 fully saturated rings. The van der Waals surface area contributed by atoms with Gasteiger partial charge in [-0.25, -0.2) is 4.98 Å². The van der Waals surface area contributed by atoms with Crippen molar-refractivity contribution < 1.29 is 0 Å². The van der Waals surface area contributed by atoms with Gasteiger partial charge in [0.25, 0.3) is 5.56 Å². The SMILES string of the molecule is Cc1c(N)nc(-c2cc(Br)cs2)[nH]c1=O. The molecule has 0 aliphatic carbocycles. The first kappa shape index (κ1) is 10.4. The van der Waals surface area contributed by atoms with Gasteiger partial charge in [-0.05, 0) is 28.9 Å². The highest BCUT2D eigenvalue weighted by molar-refractivity contribution is 9.10. The van der Waals surface area contributed by atoms with Gasteiger partial charge >= 0.3 is 0 Å². The van der Waals surface area contributed by atoms with Gasteiger partial charge in [-0.1, -0.05) is 0 Å². The van der Waals surface area contributed by atoms with Crippen molar-refractivity contribution in [3.63, 3.8) is 0 Å². The minimum atomic E-state index is -0.193. The van der Waals surface area contributed by atoms with Crippen LogP contribution in [-0.4, -0.2) is 9.97 Å². The van der Waals surface area contributed by atoms with Gasteiger partial charge in [-0.15, -0.1) is 11.3 Å². The topological polar surface area (TPSA) is 71.8 Å². The fraction of sp³-hybridized carbons (Fsp3) is 0.111. The van der Waals surface area contributed by atoms with E-state index in [1.54, 1.807) is 6.92 Å². The summed E-state index contributed by atoms with van der Waals surface area (Å²) < 4.78 is 0.962. The summed E-state index contributed by atoms with van der Waals surface area (Å²) in [6.07, 6.45) is 0. The molecule has 0 saturated heterocycles. The Bertz CT molecular complexity index is 561. The molecular formula is C9H8BrN3OS. The van der Waals surface area contributed by atoms with Gasteiger partial charge in [0.15, 0.2) is 5.82 Å². The number of H-pyrrole nitrogens is 1. The van der Waals surface area contributed by atoms with Gasteiger partial charge in [0.1, 0.15) is 5.82 Å². The van der Waals surface area contributed by atoms with Crippen molar-refractivity contribution in [3.8, 4) is 10.7 Å². The van der Waals surface area contributed by atoms with Crippen LogP contribution in [0, 0.1) is 6.92 Å². The third-order valence-electron chi connectivity index (χ3n) is 1.99. The van der Waals surface area contributed by atoms with Crippen LogP contribution in [0.5, 0.6) is 0 Å². The molecule has 0 radical (unpaired) electrons. The summed E-state index contributed by atoms with van der Waals surface area (Å²) in [7, 11) is 0. The summed E-state index contributed by atoms with van der Waals surface area (Å²) in [5, 5.41) is 1.92. The lowest BCUT2D eigenvalue weighted by molar-refractivity contribution is 1.10. The second-order valence-electron chi connectivity index (χ2n) is 3.05. The maximum atomic E-state index is 11.5. The maximum absolute atomic E-state index is 11.5. The summed E-state index contributed by atoms with van der Waals surface area (Å²) in [5.41, 5.74) is 5.89. The zero-order valence-corrected chi connectivity index (χ0v) is 10.3. The monoisotopic (exact) mass is 285 g/mol. The van der Waals surface area contributed by atoms with Crippen molar-refractivity contribution in [1.29, 1.82) is 0 Å². The van der Waals surface area contributed by atoms with Gasteiger partial charge in [-0.3, -0.25) is 4.79 Å². The lowest BCUT2D eigenvalue weighted by atomic mass is 10.3. The lowest BCUT2D eigenvalue weighted by Gasteiger charge is -2.00. The molecule has 3 N–H and O–H groups in total. The Morgan fingerprint density at radius 2 is 2.33 bits per heavy atom. The molecule has 0 aliphatic heterocycles. The highest BCUT2D eigenvalue weighted by Crippen LogP contribution is 2.27. The molecule has 4 nitrogen and oxygen atoms in total. The van der Waals surface area contributed by atoms with E-state index < -0.39 is 0 Å². The van der Waals surface area contributed by atoms with Gasteiger partial charge in [0.05, 0.1) is 10.4 Å². The van der Waals surface area contributed by atoms with Crippen LogP contribution < -0.4 is 11.3 Å². The second kappa shape index (κ2) is 3.79. The van der Waals surface area contributed by atoms with Crippen molar-refractivity contribution in [2.24, 2.45) is 0 Å². The fourth-order valence-corrected chi connectivity index (χ4v) is 2.48. The van der Waals surface area contributed by atoms with Crippen LogP contribution in [0.3, 0.4) is 0 Å². The van der Waals surface area contributed by atoms with E-state index in [1.807, 2.05) is 11.4 Å². The molecule has 0 atom stereocenters.